The first kappa shape index (κ1) is 15.8. The molecule has 0 spiro atoms. The lowest BCUT2D eigenvalue weighted by Crippen LogP contribution is -2.56. The van der Waals surface area contributed by atoms with Crippen molar-refractivity contribution < 1.29 is 8.42 Å². The summed E-state index contributed by atoms with van der Waals surface area (Å²) in [5.74, 6) is 0. The SMILES string of the molecule is CCC(CN)N1CCN(S(=O)(=O)NC(C)C)CC1. The minimum absolute atomic E-state index is 0.0690. The topological polar surface area (TPSA) is 78.7 Å². The number of rotatable bonds is 6. The van der Waals surface area contributed by atoms with Crippen LogP contribution in [0.3, 0.4) is 0 Å². The monoisotopic (exact) mass is 278 g/mol. The van der Waals surface area contributed by atoms with Crippen molar-refractivity contribution in [2.45, 2.75) is 39.3 Å². The van der Waals surface area contributed by atoms with Crippen LogP contribution >= 0.6 is 0 Å². The molecular weight excluding hydrogens is 252 g/mol. The van der Waals surface area contributed by atoms with Gasteiger partial charge >= 0.3 is 0 Å². The van der Waals surface area contributed by atoms with Gasteiger partial charge in [-0.3, -0.25) is 4.90 Å². The van der Waals surface area contributed by atoms with E-state index < -0.39 is 10.2 Å². The molecule has 3 N–H and O–H groups in total. The molecule has 108 valence electrons. The standard InChI is InChI=1S/C11H26N4O2S/c1-4-11(9-12)14-5-7-15(8-6-14)18(16,17)13-10(2)3/h10-11,13H,4-9,12H2,1-3H3. The fraction of sp³-hybridized carbons (Fsp3) is 1.00. The molecule has 0 aliphatic carbocycles. The van der Waals surface area contributed by atoms with E-state index in [-0.39, 0.29) is 6.04 Å². The maximum atomic E-state index is 12.0. The summed E-state index contributed by atoms with van der Waals surface area (Å²) >= 11 is 0. The van der Waals surface area contributed by atoms with Crippen LogP contribution in [0.1, 0.15) is 27.2 Å². The largest absolute Gasteiger partial charge is 0.329 e. The van der Waals surface area contributed by atoms with Crippen molar-refractivity contribution in [1.82, 2.24) is 13.9 Å². The minimum atomic E-state index is -3.32. The van der Waals surface area contributed by atoms with E-state index in [4.69, 9.17) is 5.73 Å². The highest BCUT2D eigenvalue weighted by atomic mass is 32.2. The van der Waals surface area contributed by atoms with Gasteiger partial charge in [-0.05, 0) is 20.3 Å². The van der Waals surface area contributed by atoms with Crippen LogP contribution < -0.4 is 10.5 Å². The second-order valence-electron chi connectivity index (χ2n) is 5.01. The maximum absolute atomic E-state index is 12.0. The zero-order chi connectivity index (χ0) is 13.8. The highest BCUT2D eigenvalue weighted by Gasteiger charge is 2.29. The molecule has 1 aliphatic rings. The van der Waals surface area contributed by atoms with Crippen molar-refractivity contribution in [3.05, 3.63) is 0 Å². The highest BCUT2D eigenvalue weighted by molar-refractivity contribution is 7.87. The van der Waals surface area contributed by atoms with Gasteiger partial charge in [0.15, 0.2) is 0 Å². The quantitative estimate of drug-likeness (QED) is 0.692. The first-order valence-electron chi connectivity index (χ1n) is 6.62. The van der Waals surface area contributed by atoms with Crippen molar-refractivity contribution in [2.75, 3.05) is 32.7 Å². The van der Waals surface area contributed by atoms with Gasteiger partial charge in [0.25, 0.3) is 10.2 Å². The Morgan fingerprint density at radius 2 is 1.78 bits per heavy atom. The van der Waals surface area contributed by atoms with E-state index in [1.807, 2.05) is 13.8 Å². The van der Waals surface area contributed by atoms with Gasteiger partial charge in [0.05, 0.1) is 0 Å². The molecule has 0 aromatic heterocycles. The normalized spacial score (nSPS) is 21.4. The summed E-state index contributed by atoms with van der Waals surface area (Å²) in [6, 6.07) is 0.299. The van der Waals surface area contributed by atoms with E-state index in [1.165, 1.54) is 4.31 Å². The lowest BCUT2D eigenvalue weighted by atomic mass is 10.1. The molecule has 1 heterocycles. The number of nitrogens with zero attached hydrogens (tertiary/aromatic N) is 2. The fourth-order valence-corrected chi connectivity index (χ4v) is 3.64. The number of hydrogen-bond acceptors (Lipinski definition) is 4. The van der Waals surface area contributed by atoms with Crippen molar-refractivity contribution in [2.24, 2.45) is 5.73 Å². The van der Waals surface area contributed by atoms with E-state index in [0.717, 1.165) is 19.5 Å². The third kappa shape index (κ3) is 4.17. The molecule has 0 aromatic carbocycles. The Morgan fingerprint density at radius 3 is 2.17 bits per heavy atom. The lowest BCUT2D eigenvalue weighted by Gasteiger charge is -2.38. The Hall–Kier alpha value is -0.210. The number of piperazine rings is 1. The molecule has 0 radical (unpaired) electrons. The van der Waals surface area contributed by atoms with Gasteiger partial charge in [0.1, 0.15) is 0 Å². The summed E-state index contributed by atoms with van der Waals surface area (Å²) in [4.78, 5) is 2.28. The molecule has 6 nitrogen and oxygen atoms in total. The van der Waals surface area contributed by atoms with Crippen LogP contribution in [0, 0.1) is 0 Å². The molecule has 1 rings (SSSR count). The summed E-state index contributed by atoms with van der Waals surface area (Å²) < 4.78 is 28.1. The second kappa shape index (κ2) is 6.81. The summed E-state index contributed by atoms with van der Waals surface area (Å²) in [6.45, 7) is 9.00. The van der Waals surface area contributed by atoms with Crippen molar-refractivity contribution >= 4 is 10.2 Å². The third-order valence-electron chi connectivity index (χ3n) is 3.26. The summed E-state index contributed by atoms with van der Waals surface area (Å²) in [5.41, 5.74) is 5.71. The second-order valence-corrected chi connectivity index (χ2v) is 6.71. The highest BCUT2D eigenvalue weighted by Crippen LogP contribution is 2.11. The minimum Gasteiger partial charge on any atom is -0.329 e. The Balaban J connectivity index is 2.53. The van der Waals surface area contributed by atoms with Gasteiger partial charge in [0.2, 0.25) is 0 Å². The molecule has 0 amide bonds. The molecule has 1 unspecified atom stereocenters. The molecule has 1 aliphatic heterocycles. The van der Waals surface area contributed by atoms with E-state index in [9.17, 15) is 8.42 Å². The van der Waals surface area contributed by atoms with Gasteiger partial charge in [0, 0.05) is 44.8 Å². The number of hydrogen-bond donors (Lipinski definition) is 2. The molecular formula is C11H26N4O2S. The molecule has 1 fully saturated rings. The Kier molecular flexibility index (Phi) is 6.00. The van der Waals surface area contributed by atoms with Gasteiger partial charge in [-0.15, -0.1) is 0 Å². The molecule has 0 bridgehead atoms. The number of nitrogens with one attached hydrogen (secondary N) is 1. The van der Waals surface area contributed by atoms with E-state index in [0.29, 0.717) is 25.7 Å². The lowest BCUT2D eigenvalue weighted by molar-refractivity contribution is 0.136. The zero-order valence-corrected chi connectivity index (χ0v) is 12.4. The molecule has 7 heteroatoms. The van der Waals surface area contributed by atoms with E-state index in [1.54, 1.807) is 0 Å². The van der Waals surface area contributed by atoms with Crippen molar-refractivity contribution in [3.8, 4) is 0 Å². The predicted molar refractivity (Wildman–Crippen MR) is 73.5 cm³/mol. The van der Waals surface area contributed by atoms with E-state index in [2.05, 4.69) is 16.5 Å². The van der Waals surface area contributed by atoms with Crippen LogP contribution in [0.15, 0.2) is 0 Å². The van der Waals surface area contributed by atoms with Crippen LogP contribution in [0.25, 0.3) is 0 Å². The molecule has 1 atom stereocenters. The maximum Gasteiger partial charge on any atom is 0.279 e. The van der Waals surface area contributed by atoms with Gasteiger partial charge in [-0.25, -0.2) is 0 Å². The average Bonchev–Trinajstić information content (AvgIpc) is 2.29. The molecule has 0 aromatic rings. The average molecular weight is 278 g/mol. The fourth-order valence-electron chi connectivity index (χ4n) is 2.26. The van der Waals surface area contributed by atoms with Crippen molar-refractivity contribution in [3.63, 3.8) is 0 Å². The predicted octanol–water partition coefficient (Wildman–Crippen LogP) is -0.416. The van der Waals surface area contributed by atoms with Crippen LogP contribution in [0.4, 0.5) is 0 Å². The van der Waals surface area contributed by atoms with Gasteiger partial charge in [-0.1, -0.05) is 6.92 Å². The molecule has 18 heavy (non-hydrogen) atoms. The summed E-state index contributed by atoms with van der Waals surface area (Å²) in [7, 11) is -3.32. The third-order valence-corrected chi connectivity index (χ3v) is 5.07. The zero-order valence-electron chi connectivity index (χ0n) is 11.6. The molecule has 0 saturated carbocycles. The van der Waals surface area contributed by atoms with Gasteiger partial charge in [-0.2, -0.15) is 17.4 Å². The van der Waals surface area contributed by atoms with Crippen LogP contribution in [-0.4, -0.2) is 62.4 Å². The summed E-state index contributed by atoms with van der Waals surface area (Å²) in [5, 5.41) is 0. The molecule has 1 saturated heterocycles. The van der Waals surface area contributed by atoms with Gasteiger partial charge < -0.3 is 5.73 Å². The van der Waals surface area contributed by atoms with E-state index >= 15 is 0 Å². The first-order chi connectivity index (χ1) is 8.40. The van der Waals surface area contributed by atoms with Crippen LogP contribution in [0.2, 0.25) is 0 Å². The van der Waals surface area contributed by atoms with Crippen LogP contribution in [-0.2, 0) is 10.2 Å². The van der Waals surface area contributed by atoms with Crippen LogP contribution in [0.5, 0.6) is 0 Å². The smallest absolute Gasteiger partial charge is 0.279 e. The Bertz CT molecular complexity index is 333. The summed E-state index contributed by atoms with van der Waals surface area (Å²) in [6.07, 6.45) is 1.01. The Morgan fingerprint density at radius 1 is 1.22 bits per heavy atom. The van der Waals surface area contributed by atoms with Crippen molar-refractivity contribution in [1.29, 1.82) is 0 Å². The number of nitrogens with two attached hydrogens (primary N) is 1. The first-order valence-corrected chi connectivity index (χ1v) is 8.06. The Labute approximate surface area is 111 Å².